The number of hydrogen-bond donors (Lipinski definition) is 0. The van der Waals surface area contributed by atoms with Gasteiger partial charge in [-0.25, -0.2) is 4.39 Å². The second kappa shape index (κ2) is 4.88. The number of halogens is 2. The summed E-state index contributed by atoms with van der Waals surface area (Å²) in [6.45, 7) is 1.77. The summed E-state index contributed by atoms with van der Waals surface area (Å²) in [6.07, 6.45) is -0.0868. The zero-order chi connectivity index (χ0) is 14.2. The lowest BCUT2D eigenvalue weighted by Gasteiger charge is -2.17. The van der Waals surface area contributed by atoms with Gasteiger partial charge in [-0.1, -0.05) is 6.07 Å². The van der Waals surface area contributed by atoms with Gasteiger partial charge in [0.1, 0.15) is 5.82 Å². The third kappa shape index (κ3) is 3.28. The maximum atomic E-state index is 13.7. The Hall–Kier alpha value is -1.50. The van der Waals surface area contributed by atoms with Gasteiger partial charge in [-0.3, -0.25) is 4.79 Å². The van der Waals surface area contributed by atoms with E-state index in [1.54, 1.807) is 13.0 Å². The summed E-state index contributed by atoms with van der Waals surface area (Å²) in [5, 5.41) is 0. The van der Waals surface area contributed by atoms with Gasteiger partial charge in [0, 0.05) is 18.9 Å². The molecule has 0 aliphatic carbocycles. The fraction of sp³-hybridized carbons (Fsp3) is 0.417. The van der Waals surface area contributed by atoms with E-state index in [9.17, 15) is 21.5 Å². The fourth-order valence-corrected chi connectivity index (χ4v) is 3.02. The second-order valence-corrected chi connectivity index (χ2v) is 6.15. The lowest BCUT2D eigenvalue weighted by molar-refractivity contribution is -0.117. The molecule has 1 aliphatic heterocycles. The van der Waals surface area contributed by atoms with Crippen LogP contribution in [-0.2, 0) is 15.0 Å². The Morgan fingerprint density at radius 2 is 2.11 bits per heavy atom. The van der Waals surface area contributed by atoms with Crippen molar-refractivity contribution >= 4 is 21.8 Å². The first-order chi connectivity index (χ1) is 8.76. The monoisotopic (exact) mass is 289 g/mol. The third-order valence-corrected chi connectivity index (χ3v) is 3.90. The van der Waals surface area contributed by atoms with Crippen molar-refractivity contribution < 1.29 is 21.5 Å². The molecule has 19 heavy (non-hydrogen) atoms. The Bertz CT molecular complexity index is 615. The van der Waals surface area contributed by atoms with E-state index in [1.807, 2.05) is 0 Å². The Kier molecular flexibility index (Phi) is 3.58. The summed E-state index contributed by atoms with van der Waals surface area (Å²) in [6, 6.07) is 4.33. The minimum Gasteiger partial charge on any atom is -0.309 e. The first-order valence-electron chi connectivity index (χ1n) is 5.75. The standard InChI is InChI=1S/C12H13F2NO3S/c1-8-2-3-10(13)11(4-8)15-6-9(5-12(15)16)7-19(14,17)18/h2-4,9H,5-7H2,1H3. The molecule has 0 saturated carbocycles. The van der Waals surface area contributed by atoms with Gasteiger partial charge in [0.25, 0.3) is 0 Å². The highest BCUT2D eigenvalue weighted by Gasteiger charge is 2.34. The third-order valence-electron chi connectivity index (χ3n) is 3.03. The molecular weight excluding hydrogens is 276 g/mol. The minimum absolute atomic E-state index is 0.0162. The van der Waals surface area contributed by atoms with Crippen LogP contribution in [0.2, 0.25) is 0 Å². The predicted molar refractivity (Wildman–Crippen MR) is 66.5 cm³/mol. The fourth-order valence-electron chi connectivity index (χ4n) is 2.24. The molecule has 2 rings (SSSR count). The zero-order valence-corrected chi connectivity index (χ0v) is 11.1. The highest BCUT2D eigenvalue weighted by Crippen LogP contribution is 2.29. The maximum Gasteiger partial charge on any atom is 0.302 e. The van der Waals surface area contributed by atoms with Gasteiger partial charge in [0.15, 0.2) is 0 Å². The average Bonchev–Trinajstić information content (AvgIpc) is 2.60. The Labute approximate surface area is 110 Å². The summed E-state index contributed by atoms with van der Waals surface area (Å²) in [4.78, 5) is 13.0. The van der Waals surface area contributed by atoms with Crippen molar-refractivity contribution in [1.29, 1.82) is 0 Å². The van der Waals surface area contributed by atoms with E-state index < -0.39 is 33.6 Å². The number of rotatable bonds is 3. The van der Waals surface area contributed by atoms with Gasteiger partial charge in [-0.2, -0.15) is 8.42 Å². The molecule has 7 heteroatoms. The normalized spacial score (nSPS) is 20.1. The lowest BCUT2D eigenvalue weighted by Crippen LogP contribution is -2.26. The van der Waals surface area contributed by atoms with E-state index in [0.29, 0.717) is 0 Å². The Balaban J connectivity index is 2.23. The van der Waals surface area contributed by atoms with Crippen LogP contribution in [0.1, 0.15) is 12.0 Å². The maximum absolute atomic E-state index is 13.7. The molecule has 0 N–H and O–H groups in total. The first-order valence-corrected chi connectivity index (χ1v) is 7.30. The number of nitrogens with zero attached hydrogens (tertiary/aromatic N) is 1. The second-order valence-electron chi connectivity index (χ2n) is 4.73. The molecule has 1 aliphatic rings. The first kappa shape index (κ1) is 13.9. The van der Waals surface area contributed by atoms with Crippen molar-refractivity contribution in [3.8, 4) is 0 Å². The molecule has 4 nitrogen and oxygen atoms in total. The van der Waals surface area contributed by atoms with E-state index in [-0.39, 0.29) is 18.7 Å². The molecule has 1 amide bonds. The topological polar surface area (TPSA) is 54.5 Å². The highest BCUT2D eigenvalue weighted by molar-refractivity contribution is 7.86. The van der Waals surface area contributed by atoms with Crippen molar-refractivity contribution in [3.63, 3.8) is 0 Å². The van der Waals surface area contributed by atoms with Crippen LogP contribution >= 0.6 is 0 Å². The van der Waals surface area contributed by atoms with Gasteiger partial charge in [-0.15, -0.1) is 3.89 Å². The number of aryl methyl sites for hydroxylation is 1. The van der Waals surface area contributed by atoms with Crippen LogP contribution in [-0.4, -0.2) is 26.6 Å². The van der Waals surface area contributed by atoms with Crippen LogP contribution in [0.5, 0.6) is 0 Å². The van der Waals surface area contributed by atoms with Crippen molar-refractivity contribution in [2.45, 2.75) is 13.3 Å². The molecule has 1 fully saturated rings. The minimum atomic E-state index is -4.63. The van der Waals surface area contributed by atoms with Crippen LogP contribution in [0.3, 0.4) is 0 Å². The van der Waals surface area contributed by atoms with Crippen molar-refractivity contribution in [1.82, 2.24) is 0 Å². The van der Waals surface area contributed by atoms with Crippen LogP contribution in [0.15, 0.2) is 18.2 Å². The molecule has 1 unspecified atom stereocenters. The molecule has 1 aromatic rings. The molecule has 0 bridgehead atoms. The van der Waals surface area contributed by atoms with Gasteiger partial charge in [0.2, 0.25) is 5.91 Å². The van der Waals surface area contributed by atoms with Crippen molar-refractivity contribution in [2.75, 3.05) is 17.2 Å². The number of carbonyl (C=O) groups excluding carboxylic acids is 1. The molecule has 0 aromatic heterocycles. The SMILES string of the molecule is Cc1ccc(F)c(N2CC(CS(=O)(=O)F)CC2=O)c1. The van der Waals surface area contributed by atoms with E-state index in [4.69, 9.17) is 0 Å². The number of anilines is 1. The molecule has 0 spiro atoms. The van der Waals surface area contributed by atoms with Crippen molar-refractivity contribution in [2.24, 2.45) is 5.92 Å². The predicted octanol–water partition coefficient (Wildman–Crippen LogP) is 1.79. The lowest BCUT2D eigenvalue weighted by atomic mass is 10.1. The van der Waals surface area contributed by atoms with Crippen LogP contribution < -0.4 is 4.90 Å². The number of benzene rings is 1. The average molecular weight is 289 g/mol. The Morgan fingerprint density at radius 3 is 2.74 bits per heavy atom. The van der Waals surface area contributed by atoms with Crippen LogP contribution in [0.4, 0.5) is 14.0 Å². The number of hydrogen-bond acceptors (Lipinski definition) is 3. The van der Waals surface area contributed by atoms with Gasteiger partial charge >= 0.3 is 10.2 Å². The summed E-state index contributed by atoms with van der Waals surface area (Å²) >= 11 is 0. The zero-order valence-electron chi connectivity index (χ0n) is 10.3. The molecule has 1 heterocycles. The van der Waals surface area contributed by atoms with Crippen molar-refractivity contribution in [3.05, 3.63) is 29.6 Å². The van der Waals surface area contributed by atoms with E-state index in [1.165, 1.54) is 17.0 Å². The van der Waals surface area contributed by atoms with Gasteiger partial charge in [0.05, 0.1) is 11.4 Å². The number of amides is 1. The number of carbonyl (C=O) groups is 1. The molecule has 1 atom stereocenters. The molecular formula is C12H13F2NO3S. The van der Waals surface area contributed by atoms with E-state index in [2.05, 4.69) is 0 Å². The summed E-state index contributed by atoms with van der Waals surface area (Å²) < 4.78 is 47.5. The molecule has 104 valence electrons. The van der Waals surface area contributed by atoms with Crippen LogP contribution in [0, 0.1) is 18.7 Å². The smallest absolute Gasteiger partial charge is 0.302 e. The van der Waals surface area contributed by atoms with E-state index >= 15 is 0 Å². The highest BCUT2D eigenvalue weighted by atomic mass is 32.3. The largest absolute Gasteiger partial charge is 0.309 e. The van der Waals surface area contributed by atoms with Crippen LogP contribution in [0.25, 0.3) is 0 Å². The summed E-state index contributed by atoms with van der Waals surface area (Å²) in [5.41, 5.74) is 0.898. The van der Waals surface area contributed by atoms with Gasteiger partial charge in [-0.05, 0) is 24.6 Å². The molecule has 1 aromatic carbocycles. The quantitative estimate of drug-likeness (QED) is 0.797. The molecule has 0 radical (unpaired) electrons. The van der Waals surface area contributed by atoms with E-state index in [0.717, 1.165) is 5.56 Å². The Morgan fingerprint density at radius 1 is 1.42 bits per heavy atom. The summed E-state index contributed by atoms with van der Waals surface area (Å²) in [7, 11) is -4.63. The summed E-state index contributed by atoms with van der Waals surface area (Å²) in [5.74, 6) is -2.29. The van der Waals surface area contributed by atoms with Gasteiger partial charge < -0.3 is 4.90 Å². The molecule has 1 saturated heterocycles.